The Kier molecular flexibility index (Phi) is 4.81. The molecule has 18 heavy (non-hydrogen) atoms. The van der Waals surface area contributed by atoms with Crippen molar-refractivity contribution >= 4 is 28.1 Å². The predicted molar refractivity (Wildman–Crippen MR) is 75.2 cm³/mol. The fourth-order valence-corrected chi connectivity index (χ4v) is 3.15. The number of hydrogen-bond donors (Lipinski definition) is 1. The maximum absolute atomic E-state index is 8.79. The third kappa shape index (κ3) is 3.58. The Balaban J connectivity index is 1.73. The molecule has 1 aromatic rings. The lowest BCUT2D eigenvalue weighted by molar-refractivity contribution is 0.215. The number of nitrogens with one attached hydrogen (secondary N) is 1. The van der Waals surface area contributed by atoms with E-state index in [1.54, 1.807) is 0 Å². The molecule has 0 saturated carbocycles. The fraction of sp³-hybridized carbons (Fsp3) is 0.667. The van der Waals surface area contributed by atoms with Gasteiger partial charge in [-0.15, -0.1) is 0 Å². The highest BCUT2D eigenvalue weighted by molar-refractivity contribution is 7.16. The zero-order valence-corrected chi connectivity index (χ0v) is 12.0. The molecule has 1 aliphatic heterocycles. The van der Waals surface area contributed by atoms with Crippen LogP contribution in [0.15, 0.2) is 0 Å². The lowest BCUT2D eigenvalue weighted by Gasteiger charge is -2.28. The van der Waals surface area contributed by atoms with E-state index < -0.39 is 0 Å². The summed E-state index contributed by atoms with van der Waals surface area (Å²) in [7, 11) is 2.18. The summed E-state index contributed by atoms with van der Waals surface area (Å²) in [6.07, 6.45) is 3.72. The zero-order valence-electron chi connectivity index (χ0n) is 10.4. The Labute approximate surface area is 117 Å². The van der Waals surface area contributed by atoms with Crippen molar-refractivity contribution in [3.63, 3.8) is 0 Å². The average molecular weight is 285 g/mol. The topological polar surface area (TPSA) is 52.0 Å². The van der Waals surface area contributed by atoms with Gasteiger partial charge in [-0.05, 0) is 45.3 Å². The Hall–Kier alpha value is -0.830. The molecule has 1 fully saturated rings. The first-order valence-electron chi connectivity index (χ1n) is 6.18. The van der Waals surface area contributed by atoms with E-state index in [-0.39, 0.29) is 0 Å². The standard InChI is InChI=1S/C12H17ClN4S/c1-17-6-3-9(4-7-17)2-5-15-12-16-11(13)10(8-14)18-12/h9H,2-7H2,1H3,(H,15,16). The normalized spacial score (nSPS) is 17.6. The summed E-state index contributed by atoms with van der Waals surface area (Å²) >= 11 is 7.14. The molecule has 0 spiro atoms. The summed E-state index contributed by atoms with van der Waals surface area (Å²) in [5.74, 6) is 0.805. The van der Waals surface area contributed by atoms with Crippen LogP contribution >= 0.6 is 22.9 Å². The molecule has 1 aromatic heterocycles. The Morgan fingerprint density at radius 3 is 2.89 bits per heavy atom. The zero-order chi connectivity index (χ0) is 13.0. The van der Waals surface area contributed by atoms with Crippen molar-refractivity contribution in [1.82, 2.24) is 9.88 Å². The second kappa shape index (κ2) is 6.37. The second-order valence-corrected chi connectivity index (χ2v) is 6.07. The number of hydrogen-bond acceptors (Lipinski definition) is 5. The van der Waals surface area contributed by atoms with E-state index in [4.69, 9.17) is 16.9 Å². The monoisotopic (exact) mass is 284 g/mol. The molecule has 0 amide bonds. The molecular formula is C12H17ClN4S. The largest absolute Gasteiger partial charge is 0.361 e. The number of piperidine rings is 1. The molecule has 0 aliphatic carbocycles. The molecule has 2 rings (SSSR count). The molecule has 98 valence electrons. The van der Waals surface area contributed by atoms with Gasteiger partial charge in [-0.1, -0.05) is 22.9 Å². The Morgan fingerprint density at radius 1 is 1.56 bits per heavy atom. The van der Waals surface area contributed by atoms with Gasteiger partial charge in [0.15, 0.2) is 10.3 Å². The highest BCUT2D eigenvalue weighted by Crippen LogP contribution is 2.26. The van der Waals surface area contributed by atoms with Crippen LogP contribution < -0.4 is 5.32 Å². The van der Waals surface area contributed by atoms with E-state index in [0.717, 1.165) is 24.0 Å². The van der Waals surface area contributed by atoms with Crippen LogP contribution in [0.3, 0.4) is 0 Å². The van der Waals surface area contributed by atoms with Gasteiger partial charge in [-0.2, -0.15) is 5.26 Å². The molecule has 1 saturated heterocycles. The third-order valence-corrected chi connectivity index (χ3v) is 4.66. The van der Waals surface area contributed by atoms with Gasteiger partial charge in [0.25, 0.3) is 0 Å². The summed E-state index contributed by atoms with van der Waals surface area (Å²) in [4.78, 5) is 6.98. The van der Waals surface area contributed by atoms with E-state index in [1.165, 1.54) is 37.3 Å². The SMILES string of the molecule is CN1CCC(CCNc2nc(Cl)c(C#N)s2)CC1. The molecule has 6 heteroatoms. The van der Waals surface area contributed by atoms with E-state index in [1.807, 2.05) is 6.07 Å². The lowest BCUT2D eigenvalue weighted by Crippen LogP contribution is -2.30. The van der Waals surface area contributed by atoms with Crippen molar-refractivity contribution in [1.29, 1.82) is 5.26 Å². The van der Waals surface area contributed by atoms with Crippen LogP contribution in [-0.4, -0.2) is 36.6 Å². The van der Waals surface area contributed by atoms with Crippen LogP contribution in [0.1, 0.15) is 24.1 Å². The molecule has 1 aliphatic rings. The van der Waals surface area contributed by atoms with Gasteiger partial charge in [0, 0.05) is 6.54 Å². The summed E-state index contributed by atoms with van der Waals surface area (Å²) in [5, 5.41) is 13.1. The van der Waals surface area contributed by atoms with Gasteiger partial charge in [0.1, 0.15) is 10.9 Å². The molecular weight excluding hydrogens is 268 g/mol. The molecule has 2 heterocycles. The smallest absolute Gasteiger partial charge is 0.185 e. The van der Waals surface area contributed by atoms with Gasteiger partial charge in [0.05, 0.1) is 0 Å². The van der Waals surface area contributed by atoms with Gasteiger partial charge in [0.2, 0.25) is 0 Å². The summed E-state index contributed by atoms with van der Waals surface area (Å²) in [5.41, 5.74) is 0. The molecule has 0 bridgehead atoms. The van der Waals surface area contributed by atoms with Crippen molar-refractivity contribution in [2.24, 2.45) is 5.92 Å². The minimum absolute atomic E-state index is 0.310. The quantitative estimate of drug-likeness (QED) is 0.924. The first-order valence-corrected chi connectivity index (χ1v) is 7.37. The molecule has 4 nitrogen and oxygen atoms in total. The van der Waals surface area contributed by atoms with Crippen LogP contribution in [-0.2, 0) is 0 Å². The fourth-order valence-electron chi connectivity index (χ4n) is 2.18. The maximum Gasteiger partial charge on any atom is 0.185 e. The molecule has 0 unspecified atom stereocenters. The first-order chi connectivity index (χ1) is 8.69. The summed E-state index contributed by atoms with van der Waals surface area (Å²) in [6.45, 7) is 3.31. The van der Waals surface area contributed by atoms with Crippen LogP contribution in [0.4, 0.5) is 5.13 Å². The molecule has 0 atom stereocenters. The van der Waals surface area contributed by atoms with Gasteiger partial charge in [-0.3, -0.25) is 0 Å². The van der Waals surface area contributed by atoms with Crippen molar-refractivity contribution in [3.05, 3.63) is 10.0 Å². The van der Waals surface area contributed by atoms with Gasteiger partial charge >= 0.3 is 0 Å². The highest BCUT2D eigenvalue weighted by Gasteiger charge is 2.16. The van der Waals surface area contributed by atoms with Crippen molar-refractivity contribution in [3.8, 4) is 6.07 Å². The van der Waals surface area contributed by atoms with Crippen molar-refractivity contribution < 1.29 is 0 Å². The van der Waals surface area contributed by atoms with Crippen molar-refractivity contribution in [2.45, 2.75) is 19.3 Å². The summed E-state index contributed by atoms with van der Waals surface area (Å²) in [6, 6.07) is 2.04. The van der Waals surface area contributed by atoms with E-state index in [9.17, 15) is 0 Å². The molecule has 0 radical (unpaired) electrons. The van der Waals surface area contributed by atoms with Gasteiger partial charge < -0.3 is 10.2 Å². The minimum Gasteiger partial charge on any atom is -0.361 e. The number of rotatable bonds is 4. The predicted octanol–water partition coefficient (Wildman–Crippen LogP) is 2.81. The van der Waals surface area contributed by atoms with Crippen molar-refractivity contribution in [2.75, 3.05) is 32.0 Å². The van der Waals surface area contributed by atoms with Crippen LogP contribution in [0.5, 0.6) is 0 Å². The molecule has 1 N–H and O–H groups in total. The first kappa shape index (κ1) is 13.6. The lowest BCUT2D eigenvalue weighted by atomic mass is 9.94. The Morgan fingerprint density at radius 2 is 2.28 bits per heavy atom. The second-order valence-electron chi connectivity index (χ2n) is 4.71. The number of aromatic nitrogens is 1. The number of likely N-dealkylation sites (tertiary alicyclic amines) is 1. The van der Waals surface area contributed by atoms with Crippen LogP contribution in [0, 0.1) is 17.2 Å². The van der Waals surface area contributed by atoms with Crippen LogP contribution in [0.25, 0.3) is 0 Å². The molecule has 0 aromatic carbocycles. The van der Waals surface area contributed by atoms with Gasteiger partial charge in [-0.25, -0.2) is 4.98 Å². The number of nitrogens with zero attached hydrogens (tertiary/aromatic N) is 3. The number of anilines is 1. The highest BCUT2D eigenvalue weighted by atomic mass is 35.5. The Bertz CT molecular complexity index is 432. The van der Waals surface area contributed by atoms with E-state index in [2.05, 4.69) is 22.2 Å². The number of thiazole rings is 1. The third-order valence-electron chi connectivity index (χ3n) is 3.35. The average Bonchev–Trinajstić information content (AvgIpc) is 2.72. The maximum atomic E-state index is 8.79. The minimum atomic E-state index is 0.310. The summed E-state index contributed by atoms with van der Waals surface area (Å²) < 4.78 is 0. The van der Waals surface area contributed by atoms with E-state index in [0.29, 0.717) is 10.0 Å². The number of nitriles is 1. The van der Waals surface area contributed by atoms with Crippen LogP contribution in [0.2, 0.25) is 5.15 Å². The number of halogens is 1. The van der Waals surface area contributed by atoms with E-state index >= 15 is 0 Å².